The summed E-state index contributed by atoms with van der Waals surface area (Å²) >= 11 is 5.74. The molecule has 2 aromatic rings. The third kappa shape index (κ3) is 3.49. The van der Waals surface area contributed by atoms with Gasteiger partial charge in [0.25, 0.3) is 11.6 Å². The topological polar surface area (TPSA) is 81.5 Å². The molecule has 0 unspecified atom stereocenters. The van der Waals surface area contributed by atoms with E-state index in [9.17, 15) is 14.9 Å². The van der Waals surface area contributed by atoms with Crippen LogP contribution in [0.15, 0.2) is 42.5 Å². The molecule has 0 saturated carbocycles. The lowest BCUT2D eigenvalue weighted by molar-refractivity contribution is -0.384. The highest BCUT2D eigenvalue weighted by Gasteiger charge is 2.17. The number of carbonyl (C=O) groups is 1. The molecule has 108 valence electrons. The van der Waals surface area contributed by atoms with Crippen molar-refractivity contribution in [2.45, 2.75) is 0 Å². The van der Waals surface area contributed by atoms with Gasteiger partial charge in [-0.2, -0.15) is 0 Å². The molecular formula is C14H11ClN2O4. The summed E-state index contributed by atoms with van der Waals surface area (Å²) < 4.78 is 4.93. The van der Waals surface area contributed by atoms with Gasteiger partial charge in [-0.15, -0.1) is 0 Å². The van der Waals surface area contributed by atoms with Crippen LogP contribution in [0.2, 0.25) is 5.02 Å². The van der Waals surface area contributed by atoms with Gasteiger partial charge in [0.2, 0.25) is 0 Å². The number of anilines is 1. The first-order valence-electron chi connectivity index (χ1n) is 5.90. The number of benzene rings is 2. The van der Waals surface area contributed by atoms with Gasteiger partial charge in [-0.05, 0) is 36.4 Å². The number of nitro benzene ring substituents is 1. The number of hydrogen-bond acceptors (Lipinski definition) is 4. The number of halogens is 1. The van der Waals surface area contributed by atoms with Crippen LogP contribution >= 0.6 is 11.6 Å². The molecule has 2 rings (SSSR count). The van der Waals surface area contributed by atoms with Crippen LogP contribution in [0, 0.1) is 10.1 Å². The second-order valence-corrected chi connectivity index (χ2v) is 4.54. The predicted octanol–water partition coefficient (Wildman–Crippen LogP) is 3.51. The number of hydrogen-bond donors (Lipinski definition) is 1. The van der Waals surface area contributed by atoms with Crippen LogP contribution in [0.5, 0.6) is 5.75 Å². The number of amides is 1. The highest BCUT2D eigenvalue weighted by atomic mass is 35.5. The van der Waals surface area contributed by atoms with Crippen molar-refractivity contribution in [1.29, 1.82) is 0 Å². The number of nitrogens with zero attached hydrogens (tertiary/aromatic N) is 1. The van der Waals surface area contributed by atoms with E-state index >= 15 is 0 Å². The maximum atomic E-state index is 12.0. The fourth-order valence-electron chi connectivity index (χ4n) is 1.69. The zero-order valence-corrected chi connectivity index (χ0v) is 11.8. The summed E-state index contributed by atoms with van der Waals surface area (Å²) in [5, 5.41) is 14.0. The molecule has 1 N–H and O–H groups in total. The number of methoxy groups -OCH3 is 1. The summed E-state index contributed by atoms with van der Waals surface area (Å²) in [5.74, 6) is -0.119. The van der Waals surface area contributed by atoms with E-state index in [-0.39, 0.29) is 11.4 Å². The van der Waals surface area contributed by atoms with E-state index in [2.05, 4.69) is 5.32 Å². The van der Waals surface area contributed by atoms with Crippen molar-refractivity contribution < 1.29 is 14.5 Å². The lowest BCUT2D eigenvalue weighted by Crippen LogP contribution is -2.13. The Bertz CT molecular complexity index is 686. The molecule has 0 atom stereocenters. The quantitative estimate of drug-likeness (QED) is 0.692. The Kier molecular flexibility index (Phi) is 4.39. The molecule has 0 spiro atoms. The SMILES string of the molecule is COc1ccc(NC(=O)c2ccc(Cl)cc2)c([N+](=O)[O-])c1. The number of carbonyl (C=O) groups excluding carboxylic acids is 1. The second-order valence-electron chi connectivity index (χ2n) is 4.10. The fourth-order valence-corrected chi connectivity index (χ4v) is 1.82. The molecule has 0 bridgehead atoms. The molecule has 0 aliphatic heterocycles. The first-order valence-corrected chi connectivity index (χ1v) is 6.28. The van der Waals surface area contributed by atoms with Gasteiger partial charge in [-0.3, -0.25) is 14.9 Å². The number of ether oxygens (including phenoxy) is 1. The van der Waals surface area contributed by atoms with Crippen LogP contribution in [-0.4, -0.2) is 17.9 Å². The van der Waals surface area contributed by atoms with Crippen LogP contribution in [0.3, 0.4) is 0 Å². The molecule has 7 heteroatoms. The summed E-state index contributed by atoms with van der Waals surface area (Å²) in [4.78, 5) is 22.5. The van der Waals surface area contributed by atoms with Gasteiger partial charge >= 0.3 is 0 Å². The molecule has 1 amide bonds. The van der Waals surface area contributed by atoms with Crippen molar-refractivity contribution >= 4 is 28.9 Å². The van der Waals surface area contributed by atoms with Crippen LogP contribution in [0.4, 0.5) is 11.4 Å². The van der Waals surface area contributed by atoms with Crippen LogP contribution in [0.1, 0.15) is 10.4 Å². The average Bonchev–Trinajstić information content (AvgIpc) is 2.48. The van der Waals surface area contributed by atoms with Crippen molar-refractivity contribution in [3.8, 4) is 5.75 Å². The maximum Gasteiger partial charge on any atom is 0.296 e. The van der Waals surface area contributed by atoms with Crippen molar-refractivity contribution in [2.75, 3.05) is 12.4 Å². The minimum absolute atomic E-state index is 0.0979. The van der Waals surface area contributed by atoms with E-state index in [4.69, 9.17) is 16.3 Å². The fraction of sp³-hybridized carbons (Fsp3) is 0.0714. The monoisotopic (exact) mass is 306 g/mol. The van der Waals surface area contributed by atoms with E-state index in [1.807, 2.05) is 0 Å². The van der Waals surface area contributed by atoms with Crippen LogP contribution < -0.4 is 10.1 Å². The van der Waals surface area contributed by atoms with E-state index in [0.717, 1.165) is 0 Å². The summed E-state index contributed by atoms with van der Waals surface area (Å²) in [6.07, 6.45) is 0. The zero-order valence-electron chi connectivity index (χ0n) is 11.0. The van der Waals surface area contributed by atoms with Crippen LogP contribution in [0.25, 0.3) is 0 Å². The second kappa shape index (κ2) is 6.23. The summed E-state index contributed by atoms with van der Waals surface area (Å²) in [6, 6.07) is 10.4. The molecule has 6 nitrogen and oxygen atoms in total. The molecule has 0 aliphatic carbocycles. The first kappa shape index (κ1) is 14.8. The van der Waals surface area contributed by atoms with Gasteiger partial charge in [0.1, 0.15) is 11.4 Å². The Morgan fingerprint density at radius 2 is 1.90 bits per heavy atom. The van der Waals surface area contributed by atoms with Crippen molar-refractivity contribution in [3.63, 3.8) is 0 Å². The lowest BCUT2D eigenvalue weighted by Gasteiger charge is -2.07. The van der Waals surface area contributed by atoms with Gasteiger partial charge in [0.15, 0.2) is 0 Å². The summed E-state index contributed by atoms with van der Waals surface area (Å²) in [5.41, 5.74) is 0.210. The average molecular weight is 307 g/mol. The molecule has 2 aromatic carbocycles. The number of nitro groups is 1. The third-order valence-corrected chi connectivity index (χ3v) is 3.01. The van der Waals surface area contributed by atoms with Crippen molar-refractivity contribution in [2.24, 2.45) is 0 Å². The number of nitrogens with one attached hydrogen (secondary N) is 1. The molecule has 0 radical (unpaired) electrons. The predicted molar refractivity (Wildman–Crippen MR) is 79.1 cm³/mol. The third-order valence-electron chi connectivity index (χ3n) is 2.76. The van der Waals surface area contributed by atoms with Gasteiger partial charge in [-0.25, -0.2) is 0 Å². The van der Waals surface area contributed by atoms with Crippen molar-refractivity contribution in [1.82, 2.24) is 0 Å². The van der Waals surface area contributed by atoms with E-state index in [1.165, 1.54) is 37.4 Å². The molecule has 0 saturated heterocycles. The molecule has 0 aliphatic rings. The molecule has 0 heterocycles. The smallest absolute Gasteiger partial charge is 0.296 e. The minimum Gasteiger partial charge on any atom is -0.496 e. The zero-order chi connectivity index (χ0) is 15.4. The largest absolute Gasteiger partial charge is 0.496 e. The Morgan fingerprint density at radius 1 is 1.24 bits per heavy atom. The Balaban J connectivity index is 2.28. The van der Waals surface area contributed by atoms with Gasteiger partial charge < -0.3 is 10.1 Å². The van der Waals surface area contributed by atoms with E-state index in [0.29, 0.717) is 16.3 Å². The molecular weight excluding hydrogens is 296 g/mol. The highest BCUT2D eigenvalue weighted by molar-refractivity contribution is 6.30. The summed E-state index contributed by atoms with van der Waals surface area (Å²) in [7, 11) is 1.41. The Morgan fingerprint density at radius 3 is 2.48 bits per heavy atom. The van der Waals surface area contributed by atoms with Gasteiger partial charge in [0, 0.05) is 10.6 Å². The lowest BCUT2D eigenvalue weighted by atomic mass is 10.2. The number of rotatable bonds is 4. The summed E-state index contributed by atoms with van der Waals surface area (Å²) in [6.45, 7) is 0. The normalized spacial score (nSPS) is 10.0. The van der Waals surface area contributed by atoms with Crippen molar-refractivity contribution in [3.05, 3.63) is 63.2 Å². The van der Waals surface area contributed by atoms with Crippen LogP contribution in [-0.2, 0) is 0 Å². The Hall–Kier alpha value is -2.60. The standard InChI is InChI=1S/C14H11ClN2O4/c1-21-11-6-7-12(13(8-11)17(19)20)16-14(18)9-2-4-10(15)5-3-9/h2-8H,1H3,(H,16,18). The van der Waals surface area contributed by atoms with Gasteiger partial charge in [0.05, 0.1) is 18.1 Å². The first-order chi connectivity index (χ1) is 10.0. The minimum atomic E-state index is -0.583. The Labute approximate surface area is 125 Å². The highest BCUT2D eigenvalue weighted by Crippen LogP contribution is 2.29. The maximum absolute atomic E-state index is 12.0. The van der Waals surface area contributed by atoms with E-state index in [1.54, 1.807) is 12.1 Å². The van der Waals surface area contributed by atoms with E-state index < -0.39 is 10.8 Å². The van der Waals surface area contributed by atoms with Gasteiger partial charge in [-0.1, -0.05) is 11.6 Å². The molecule has 21 heavy (non-hydrogen) atoms. The molecule has 0 fully saturated rings. The molecule has 0 aromatic heterocycles.